The number of rotatable bonds is 4. The molecule has 0 unspecified atom stereocenters. The first-order valence-electron chi connectivity index (χ1n) is 6.50. The number of hydrogen-bond acceptors (Lipinski definition) is 5. The van der Waals surface area contributed by atoms with Crippen LogP contribution < -0.4 is 0 Å². The fraction of sp³-hybridized carbons (Fsp3) is 0.750. The first-order chi connectivity index (χ1) is 8.89. The third kappa shape index (κ3) is 3.30. The average Bonchev–Trinajstić information content (AvgIpc) is 2.69. The average molecular weight is 268 g/mol. The Hall–Kier alpha value is -1.47. The smallest absolute Gasteiger partial charge is 0.342 e. The third-order valence-electron chi connectivity index (χ3n) is 3.79. The normalized spacial score (nSPS) is 19.5. The van der Waals surface area contributed by atoms with Gasteiger partial charge in [0.2, 0.25) is 0 Å². The molecule has 1 fully saturated rings. The van der Waals surface area contributed by atoms with Crippen LogP contribution >= 0.6 is 0 Å². The van der Waals surface area contributed by atoms with Gasteiger partial charge in [-0.3, -0.25) is 4.90 Å². The molecule has 19 heavy (non-hydrogen) atoms. The lowest BCUT2D eigenvalue weighted by Crippen LogP contribution is -2.43. The number of likely N-dealkylation sites (tertiary alicyclic amines) is 1. The molecular formula is C12H20N4O3. The Morgan fingerprint density at radius 2 is 2.11 bits per heavy atom. The molecule has 0 spiro atoms. The molecule has 2 rings (SSSR count). The van der Waals surface area contributed by atoms with Crippen LogP contribution in [0.25, 0.3) is 0 Å². The van der Waals surface area contributed by atoms with Crippen LogP contribution in [0, 0.1) is 17.0 Å². The van der Waals surface area contributed by atoms with Crippen molar-refractivity contribution in [3.63, 3.8) is 0 Å². The van der Waals surface area contributed by atoms with Crippen LogP contribution in [0.4, 0.5) is 5.82 Å². The molecule has 0 aliphatic carbocycles. The Labute approximate surface area is 112 Å². The highest BCUT2D eigenvalue weighted by molar-refractivity contribution is 5.18. The number of nitro groups is 1. The second-order valence-corrected chi connectivity index (χ2v) is 5.41. The summed E-state index contributed by atoms with van der Waals surface area (Å²) < 4.78 is 1.63. The summed E-state index contributed by atoms with van der Waals surface area (Å²) in [6, 6.07) is 0. The highest BCUT2D eigenvalue weighted by Crippen LogP contribution is 2.21. The van der Waals surface area contributed by atoms with Crippen LogP contribution in [0.1, 0.15) is 25.6 Å². The van der Waals surface area contributed by atoms with E-state index in [0.717, 1.165) is 32.5 Å². The molecule has 7 heteroatoms. The summed E-state index contributed by atoms with van der Waals surface area (Å²) in [5, 5.41) is 20.7. The second-order valence-electron chi connectivity index (χ2n) is 5.41. The summed E-state index contributed by atoms with van der Waals surface area (Å²) in [4.78, 5) is 16.7. The van der Waals surface area contributed by atoms with E-state index in [1.54, 1.807) is 11.5 Å². The van der Waals surface area contributed by atoms with Gasteiger partial charge in [-0.05, 0) is 24.7 Å². The van der Waals surface area contributed by atoms with E-state index >= 15 is 0 Å². The van der Waals surface area contributed by atoms with Gasteiger partial charge in [-0.2, -0.15) is 0 Å². The number of piperidine rings is 1. The van der Waals surface area contributed by atoms with Gasteiger partial charge in [-0.15, -0.1) is 0 Å². The van der Waals surface area contributed by atoms with Gasteiger partial charge in [0.25, 0.3) is 0 Å². The van der Waals surface area contributed by atoms with E-state index in [2.05, 4.69) is 9.88 Å². The van der Waals surface area contributed by atoms with Crippen molar-refractivity contribution in [2.45, 2.75) is 38.8 Å². The van der Waals surface area contributed by atoms with Crippen molar-refractivity contribution in [3.8, 4) is 0 Å². The van der Waals surface area contributed by atoms with Crippen LogP contribution in [-0.4, -0.2) is 49.7 Å². The van der Waals surface area contributed by atoms with E-state index in [1.165, 1.54) is 6.20 Å². The predicted molar refractivity (Wildman–Crippen MR) is 69.9 cm³/mol. The molecule has 1 N–H and O–H groups in total. The van der Waals surface area contributed by atoms with Gasteiger partial charge in [0, 0.05) is 26.6 Å². The fourth-order valence-corrected chi connectivity index (χ4v) is 2.38. The lowest BCUT2D eigenvalue weighted by atomic mass is 9.94. The predicted octanol–water partition coefficient (Wildman–Crippen LogP) is 0.947. The maximum atomic E-state index is 10.9. The number of aryl methyl sites for hydroxylation is 1. The lowest BCUT2D eigenvalue weighted by molar-refractivity contribution is -0.392. The van der Waals surface area contributed by atoms with Crippen molar-refractivity contribution in [1.82, 2.24) is 14.5 Å². The van der Waals surface area contributed by atoms with E-state index < -0.39 is 10.5 Å². The van der Waals surface area contributed by atoms with E-state index in [-0.39, 0.29) is 5.82 Å². The lowest BCUT2D eigenvalue weighted by Gasteiger charge is -2.35. The Balaban J connectivity index is 1.93. The molecule has 0 saturated carbocycles. The van der Waals surface area contributed by atoms with E-state index in [4.69, 9.17) is 0 Å². The molecule has 0 amide bonds. The summed E-state index contributed by atoms with van der Waals surface area (Å²) in [5.41, 5.74) is -0.562. The van der Waals surface area contributed by atoms with E-state index in [1.807, 2.05) is 6.92 Å². The van der Waals surface area contributed by atoms with Gasteiger partial charge in [0.15, 0.2) is 5.82 Å². The molecule has 1 saturated heterocycles. The molecule has 106 valence electrons. The summed E-state index contributed by atoms with van der Waals surface area (Å²) >= 11 is 0. The van der Waals surface area contributed by atoms with Crippen molar-refractivity contribution in [2.24, 2.45) is 0 Å². The topological polar surface area (TPSA) is 84.4 Å². The monoisotopic (exact) mass is 268 g/mol. The summed E-state index contributed by atoms with van der Waals surface area (Å²) in [5.74, 6) is 0.706. The standard InChI is InChI=1S/C12H20N4O3/c1-10-13-9-11(16(18)19)15(10)8-7-14-5-3-12(2,17)4-6-14/h9,17H,3-8H2,1-2H3. The molecule has 1 aromatic rings. The van der Waals surface area contributed by atoms with E-state index in [0.29, 0.717) is 12.4 Å². The van der Waals surface area contributed by atoms with Crippen LogP contribution in [0.15, 0.2) is 6.20 Å². The molecule has 1 aliphatic heterocycles. The molecule has 1 aromatic heterocycles. The van der Waals surface area contributed by atoms with Crippen molar-refractivity contribution < 1.29 is 10.0 Å². The third-order valence-corrected chi connectivity index (χ3v) is 3.79. The number of nitrogens with zero attached hydrogens (tertiary/aromatic N) is 4. The van der Waals surface area contributed by atoms with Crippen LogP contribution in [0.5, 0.6) is 0 Å². The fourth-order valence-electron chi connectivity index (χ4n) is 2.38. The van der Waals surface area contributed by atoms with Gasteiger partial charge < -0.3 is 15.2 Å². The van der Waals surface area contributed by atoms with Crippen LogP contribution in [0.3, 0.4) is 0 Å². The maximum Gasteiger partial charge on any atom is 0.342 e. The van der Waals surface area contributed by atoms with Gasteiger partial charge in [-0.25, -0.2) is 9.55 Å². The van der Waals surface area contributed by atoms with Crippen LogP contribution in [-0.2, 0) is 6.54 Å². The van der Waals surface area contributed by atoms with E-state index in [9.17, 15) is 15.2 Å². The highest BCUT2D eigenvalue weighted by Gasteiger charge is 2.27. The summed E-state index contributed by atoms with van der Waals surface area (Å²) in [7, 11) is 0. The molecule has 0 aromatic carbocycles. The zero-order valence-electron chi connectivity index (χ0n) is 11.4. The Morgan fingerprint density at radius 3 is 2.68 bits per heavy atom. The second kappa shape index (κ2) is 5.26. The van der Waals surface area contributed by atoms with Gasteiger partial charge in [0.05, 0.1) is 5.60 Å². The van der Waals surface area contributed by atoms with Gasteiger partial charge in [-0.1, -0.05) is 0 Å². The van der Waals surface area contributed by atoms with Crippen molar-refractivity contribution in [2.75, 3.05) is 19.6 Å². The largest absolute Gasteiger partial charge is 0.390 e. The minimum Gasteiger partial charge on any atom is -0.390 e. The zero-order valence-corrected chi connectivity index (χ0v) is 11.4. The number of imidazole rings is 1. The quantitative estimate of drug-likeness (QED) is 0.649. The molecule has 0 atom stereocenters. The minimum atomic E-state index is -0.562. The first kappa shape index (κ1) is 14.0. The van der Waals surface area contributed by atoms with Crippen LogP contribution in [0.2, 0.25) is 0 Å². The molecule has 0 radical (unpaired) electrons. The summed E-state index contributed by atoms with van der Waals surface area (Å²) in [6.07, 6.45) is 2.80. The van der Waals surface area contributed by atoms with Gasteiger partial charge in [0.1, 0.15) is 12.7 Å². The zero-order chi connectivity index (χ0) is 14.0. The first-order valence-corrected chi connectivity index (χ1v) is 6.50. The van der Waals surface area contributed by atoms with Gasteiger partial charge >= 0.3 is 5.82 Å². The Kier molecular flexibility index (Phi) is 3.86. The highest BCUT2D eigenvalue weighted by atomic mass is 16.6. The maximum absolute atomic E-state index is 10.9. The van der Waals surface area contributed by atoms with Crippen molar-refractivity contribution >= 4 is 5.82 Å². The Morgan fingerprint density at radius 1 is 1.47 bits per heavy atom. The molecule has 0 bridgehead atoms. The number of aromatic nitrogens is 2. The summed E-state index contributed by atoms with van der Waals surface area (Å²) in [6.45, 7) is 6.59. The number of hydrogen-bond donors (Lipinski definition) is 1. The van der Waals surface area contributed by atoms with Crippen molar-refractivity contribution in [1.29, 1.82) is 0 Å². The molecule has 1 aliphatic rings. The Bertz CT molecular complexity index is 460. The number of aliphatic hydroxyl groups is 1. The SMILES string of the molecule is Cc1ncc([N+](=O)[O-])n1CCN1CCC(C)(O)CC1. The molecule has 2 heterocycles. The minimum absolute atomic E-state index is 0.0431. The molecular weight excluding hydrogens is 248 g/mol. The molecule has 7 nitrogen and oxygen atoms in total. The van der Waals surface area contributed by atoms with Crippen molar-refractivity contribution in [3.05, 3.63) is 22.1 Å².